The standard InChI is InChI=1S/C21H26ClN3O/c1-16-11-14-25(15-12-16)20-8-6-19(7-9-20)24-21(26)10-13-23-18-4-2-17(22)3-5-18/h2-9,16,23H,10-15H2,1H3,(H,24,26). The van der Waals surface area contributed by atoms with E-state index in [1.54, 1.807) is 0 Å². The largest absolute Gasteiger partial charge is 0.385 e. The van der Waals surface area contributed by atoms with Crippen molar-refractivity contribution in [2.75, 3.05) is 35.2 Å². The highest BCUT2D eigenvalue weighted by atomic mass is 35.5. The van der Waals surface area contributed by atoms with Gasteiger partial charge in [0.25, 0.3) is 0 Å². The fraction of sp³-hybridized carbons (Fsp3) is 0.381. The third kappa shape index (κ3) is 5.40. The Balaban J connectivity index is 1.43. The second kappa shape index (κ2) is 8.95. The van der Waals surface area contributed by atoms with Crippen LogP contribution in [0.2, 0.25) is 5.02 Å². The number of amides is 1. The van der Waals surface area contributed by atoms with Crippen LogP contribution in [0.25, 0.3) is 0 Å². The molecule has 2 N–H and O–H groups in total. The van der Waals surface area contributed by atoms with Crippen LogP contribution in [0.5, 0.6) is 0 Å². The Kier molecular flexibility index (Phi) is 6.40. The van der Waals surface area contributed by atoms with E-state index in [4.69, 9.17) is 11.6 Å². The molecule has 2 aromatic rings. The van der Waals surface area contributed by atoms with Crippen LogP contribution >= 0.6 is 11.6 Å². The van der Waals surface area contributed by atoms with Gasteiger partial charge in [-0.3, -0.25) is 4.79 Å². The predicted octanol–water partition coefficient (Wildman–Crippen LogP) is 5.02. The lowest BCUT2D eigenvalue weighted by molar-refractivity contribution is -0.115. The van der Waals surface area contributed by atoms with Crippen LogP contribution in [0.3, 0.4) is 0 Å². The first-order chi connectivity index (χ1) is 12.6. The number of hydrogen-bond acceptors (Lipinski definition) is 3. The molecular formula is C21H26ClN3O. The van der Waals surface area contributed by atoms with E-state index in [0.717, 1.165) is 30.4 Å². The highest BCUT2D eigenvalue weighted by Crippen LogP contribution is 2.24. The summed E-state index contributed by atoms with van der Waals surface area (Å²) in [5, 5.41) is 6.88. The summed E-state index contributed by atoms with van der Waals surface area (Å²) in [6.07, 6.45) is 2.91. The number of benzene rings is 2. The van der Waals surface area contributed by atoms with Gasteiger partial charge in [-0.1, -0.05) is 18.5 Å². The molecule has 5 heteroatoms. The highest BCUT2D eigenvalue weighted by Gasteiger charge is 2.15. The van der Waals surface area contributed by atoms with E-state index >= 15 is 0 Å². The number of anilines is 3. The molecule has 0 saturated carbocycles. The Morgan fingerprint density at radius 1 is 1.04 bits per heavy atom. The molecule has 1 aliphatic heterocycles. The zero-order valence-corrected chi connectivity index (χ0v) is 15.9. The van der Waals surface area contributed by atoms with Gasteiger partial charge < -0.3 is 15.5 Å². The van der Waals surface area contributed by atoms with Crippen molar-refractivity contribution in [3.63, 3.8) is 0 Å². The minimum atomic E-state index is 0.00557. The van der Waals surface area contributed by atoms with E-state index in [2.05, 4.69) is 34.6 Å². The van der Waals surface area contributed by atoms with Crippen molar-refractivity contribution in [2.24, 2.45) is 5.92 Å². The minimum absolute atomic E-state index is 0.00557. The van der Waals surface area contributed by atoms with Gasteiger partial charge in [-0.25, -0.2) is 0 Å². The van der Waals surface area contributed by atoms with Crippen LogP contribution in [0.4, 0.5) is 17.1 Å². The van der Waals surface area contributed by atoms with Gasteiger partial charge >= 0.3 is 0 Å². The number of carbonyl (C=O) groups excluding carboxylic acids is 1. The Morgan fingerprint density at radius 2 is 1.65 bits per heavy atom. The number of nitrogens with zero attached hydrogens (tertiary/aromatic N) is 1. The molecule has 1 fully saturated rings. The summed E-state index contributed by atoms with van der Waals surface area (Å²) in [4.78, 5) is 14.5. The van der Waals surface area contributed by atoms with E-state index in [1.807, 2.05) is 36.4 Å². The van der Waals surface area contributed by atoms with Gasteiger partial charge in [-0.05, 0) is 67.3 Å². The topological polar surface area (TPSA) is 44.4 Å². The van der Waals surface area contributed by atoms with Crippen LogP contribution in [-0.2, 0) is 4.79 Å². The van der Waals surface area contributed by atoms with E-state index in [9.17, 15) is 4.79 Å². The summed E-state index contributed by atoms with van der Waals surface area (Å²) < 4.78 is 0. The smallest absolute Gasteiger partial charge is 0.226 e. The van der Waals surface area contributed by atoms with Gasteiger partial charge in [-0.2, -0.15) is 0 Å². The van der Waals surface area contributed by atoms with Crippen molar-refractivity contribution < 1.29 is 4.79 Å². The van der Waals surface area contributed by atoms with Crippen molar-refractivity contribution in [3.8, 4) is 0 Å². The molecule has 1 heterocycles. The molecule has 4 nitrogen and oxygen atoms in total. The Hall–Kier alpha value is -2.20. The molecule has 0 aliphatic carbocycles. The molecule has 3 rings (SSSR count). The van der Waals surface area contributed by atoms with Gasteiger partial charge in [0.05, 0.1) is 0 Å². The van der Waals surface area contributed by atoms with Crippen LogP contribution in [0.1, 0.15) is 26.2 Å². The normalized spacial score (nSPS) is 14.9. The molecule has 0 unspecified atom stereocenters. The van der Waals surface area contributed by atoms with Gasteiger partial charge in [0, 0.05) is 48.1 Å². The Morgan fingerprint density at radius 3 is 2.31 bits per heavy atom. The summed E-state index contributed by atoms with van der Waals surface area (Å²) in [5.41, 5.74) is 3.04. The molecule has 1 aliphatic rings. The number of hydrogen-bond donors (Lipinski definition) is 2. The molecule has 0 spiro atoms. The van der Waals surface area contributed by atoms with E-state index in [1.165, 1.54) is 18.5 Å². The minimum Gasteiger partial charge on any atom is -0.385 e. The maximum absolute atomic E-state index is 12.1. The maximum atomic E-state index is 12.1. The second-order valence-electron chi connectivity index (χ2n) is 6.95. The van der Waals surface area contributed by atoms with Crippen LogP contribution in [0.15, 0.2) is 48.5 Å². The summed E-state index contributed by atoms with van der Waals surface area (Å²) >= 11 is 5.86. The quantitative estimate of drug-likeness (QED) is 0.749. The highest BCUT2D eigenvalue weighted by molar-refractivity contribution is 6.30. The molecule has 0 bridgehead atoms. The first-order valence-electron chi connectivity index (χ1n) is 9.24. The second-order valence-corrected chi connectivity index (χ2v) is 7.38. The third-order valence-electron chi connectivity index (χ3n) is 4.83. The van der Waals surface area contributed by atoms with Gasteiger partial charge in [0.15, 0.2) is 0 Å². The fourth-order valence-electron chi connectivity index (χ4n) is 3.13. The molecular weight excluding hydrogens is 346 g/mol. The van der Waals surface area contributed by atoms with Crippen molar-refractivity contribution in [1.29, 1.82) is 0 Å². The number of piperidine rings is 1. The lowest BCUT2D eigenvalue weighted by Crippen LogP contribution is -2.32. The lowest BCUT2D eigenvalue weighted by atomic mass is 9.99. The average molecular weight is 372 g/mol. The SMILES string of the molecule is CC1CCN(c2ccc(NC(=O)CCNc3ccc(Cl)cc3)cc2)CC1. The Labute approximate surface area is 160 Å². The van der Waals surface area contributed by atoms with Crippen molar-refractivity contribution in [1.82, 2.24) is 0 Å². The Bertz CT molecular complexity index is 707. The fourth-order valence-corrected chi connectivity index (χ4v) is 3.26. The van der Waals surface area contributed by atoms with Gasteiger partial charge in [0.1, 0.15) is 0 Å². The van der Waals surface area contributed by atoms with Crippen molar-refractivity contribution in [2.45, 2.75) is 26.2 Å². The predicted molar refractivity (Wildman–Crippen MR) is 110 cm³/mol. The lowest BCUT2D eigenvalue weighted by Gasteiger charge is -2.32. The molecule has 1 amide bonds. The van der Waals surface area contributed by atoms with Crippen molar-refractivity contribution in [3.05, 3.63) is 53.6 Å². The zero-order valence-electron chi connectivity index (χ0n) is 15.2. The number of halogens is 1. The van der Waals surface area contributed by atoms with Crippen molar-refractivity contribution >= 4 is 34.6 Å². The maximum Gasteiger partial charge on any atom is 0.226 e. The summed E-state index contributed by atoms with van der Waals surface area (Å²) in [6.45, 7) is 5.13. The number of rotatable bonds is 6. The van der Waals surface area contributed by atoms with E-state index < -0.39 is 0 Å². The third-order valence-corrected chi connectivity index (χ3v) is 5.08. The molecule has 0 atom stereocenters. The first-order valence-corrected chi connectivity index (χ1v) is 9.62. The van der Waals surface area contributed by atoms with Crippen LogP contribution < -0.4 is 15.5 Å². The molecule has 138 valence electrons. The van der Waals surface area contributed by atoms with E-state index in [-0.39, 0.29) is 5.91 Å². The van der Waals surface area contributed by atoms with Crippen LogP contribution in [0, 0.1) is 5.92 Å². The van der Waals surface area contributed by atoms with E-state index in [0.29, 0.717) is 18.0 Å². The monoisotopic (exact) mass is 371 g/mol. The summed E-state index contributed by atoms with van der Waals surface area (Å²) in [5.74, 6) is 0.831. The number of carbonyl (C=O) groups is 1. The molecule has 26 heavy (non-hydrogen) atoms. The number of nitrogens with one attached hydrogen (secondary N) is 2. The first kappa shape index (κ1) is 18.6. The summed E-state index contributed by atoms with van der Waals surface area (Å²) in [6, 6.07) is 15.6. The van der Waals surface area contributed by atoms with Gasteiger partial charge in [-0.15, -0.1) is 0 Å². The average Bonchev–Trinajstić information content (AvgIpc) is 2.65. The molecule has 2 aromatic carbocycles. The molecule has 0 aromatic heterocycles. The summed E-state index contributed by atoms with van der Waals surface area (Å²) in [7, 11) is 0. The van der Waals surface area contributed by atoms with Gasteiger partial charge in [0.2, 0.25) is 5.91 Å². The molecule has 0 radical (unpaired) electrons. The van der Waals surface area contributed by atoms with Crippen LogP contribution in [-0.4, -0.2) is 25.5 Å². The molecule has 1 saturated heterocycles. The zero-order chi connectivity index (χ0) is 18.4.